The largest absolute Gasteiger partial charge is 0.464 e. The van der Waals surface area contributed by atoms with Gasteiger partial charge in [-0.1, -0.05) is 12.2 Å². The number of carbonyl (C=O) groups excluding carboxylic acids is 2. The molecular formula is C16H26N2O5. The summed E-state index contributed by atoms with van der Waals surface area (Å²) >= 11 is 0. The average Bonchev–Trinajstić information content (AvgIpc) is 3.06. The molecule has 1 fully saturated rings. The van der Waals surface area contributed by atoms with Crippen molar-refractivity contribution < 1.29 is 23.8 Å². The fourth-order valence-electron chi connectivity index (χ4n) is 2.72. The minimum Gasteiger partial charge on any atom is -0.464 e. The zero-order chi connectivity index (χ0) is 17.0. The van der Waals surface area contributed by atoms with Crippen molar-refractivity contribution in [2.45, 2.75) is 12.2 Å². The van der Waals surface area contributed by atoms with Crippen molar-refractivity contribution in [3.8, 4) is 0 Å². The molecule has 2 aliphatic heterocycles. The maximum Gasteiger partial charge on any atom is 0.312 e. The normalized spacial score (nSPS) is 28.6. The van der Waals surface area contributed by atoms with E-state index in [0.29, 0.717) is 26.3 Å². The van der Waals surface area contributed by atoms with Crippen LogP contribution in [0.2, 0.25) is 0 Å². The molecule has 0 aromatic carbocycles. The number of rotatable bonds is 8. The Labute approximate surface area is 137 Å². The molecule has 4 unspecified atom stereocenters. The molecule has 2 heterocycles. The SMILES string of the molecule is CN(C)CCOC(=O)C1C2C=CC(O2)C1C(=O)OCCN(C)C. The van der Waals surface area contributed by atoms with Crippen LogP contribution in [-0.4, -0.2) is 88.4 Å². The maximum atomic E-state index is 12.3. The van der Waals surface area contributed by atoms with Gasteiger partial charge in [0.15, 0.2) is 0 Å². The molecule has 0 aromatic rings. The van der Waals surface area contributed by atoms with Crippen molar-refractivity contribution in [3.63, 3.8) is 0 Å². The van der Waals surface area contributed by atoms with Crippen LogP contribution in [0.25, 0.3) is 0 Å². The van der Waals surface area contributed by atoms with Crippen LogP contribution in [0.1, 0.15) is 0 Å². The number of hydrogen-bond donors (Lipinski definition) is 0. The van der Waals surface area contributed by atoms with Gasteiger partial charge in [0.2, 0.25) is 0 Å². The summed E-state index contributed by atoms with van der Waals surface area (Å²) in [6, 6.07) is 0. The topological polar surface area (TPSA) is 68.3 Å². The highest BCUT2D eigenvalue weighted by Crippen LogP contribution is 2.40. The summed E-state index contributed by atoms with van der Waals surface area (Å²) in [6.07, 6.45) is 2.87. The van der Waals surface area contributed by atoms with Crippen LogP contribution >= 0.6 is 0 Å². The Bertz CT molecular complexity index is 423. The van der Waals surface area contributed by atoms with Crippen molar-refractivity contribution in [3.05, 3.63) is 12.2 Å². The molecule has 130 valence electrons. The van der Waals surface area contributed by atoms with Crippen LogP contribution in [0.5, 0.6) is 0 Å². The number of fused-ring (bicyclic) bond motifs is 2. The van der Waals surface area contributed by atoms with Crippen LogP contribution in [0, 0.1) is 11.8 Å². The first-order valence-corrected chi connectivity index (χ1v) is 7.86. The van der Waals surface area contributed by atoms with Crippen molar-refractivity contribution in [1.29, 1.82) is 0 Å². The molecule has 1 saturated heterocycles. The van der Waals surface area contributed by atoms with Crippen molar-refractivity contribution in [2.24, 2.45) is 11.8 Å². The van der Waals surface area contributed by atoms with E-state index in [1.165, 1.54) is 0 Å². The highest BCUT2D eigenvalue weighted by atomic mass is 16.6. The van der Waals surface area contributed by atoms with E-state index in [4.69, 9.17) is 14.2 Å². The molecule has 0 N–H and O–H groups in total. The Balaban J connectivity index is 1.92. The maximum absolute atomic E-state index is 12.3. The first kappa shape index (κ1) is 17.9. The first-order valence-electron chi connectivity index (χ1n) is 7.86. The van der Waals surface area contributed by atoms with E-state index in [9.17, 15) is 9.59 Å². The Kier molecular flexibility index (Phi) is 6.15. The Morgan fingerprint density at radius 2 is 1.26 bits per heavy atom. The predicted octanol–water partition coefficient (Wildman–Crippen LogP) is -0.234. The lowest BCUT2D eigenvalue weighted by Gasteiger charge is -2.23. The molecule has 0 saturated carbocycles. The van der Waals surface area contributed by atoms with E-state index in [1.807, 2.05) is 50.1 Å². The summed E-state index contributed by atoms with van der Waals surface area (Å²) in [5, 5.41) is 0. The summed E-state index contributed by atoms with van der Waals surface area (Å²) in [5.41, 5.74) is 0. The Morgan fingerprint density at radius 3 is 1.61 bits per heavy atom. The molecule has 7 nitrogen and oxygen atoms in total. The van der Waals surface area contributed by atoms with Crippen molar-refractivity contribution >= 4 is 11.9 Å². The smallest absolute Gasteiger partial charge is 0.312 e. The summed E-state index contributed by atoms with van der Waals surface area (Å²) in [5.74, 6) is -2.01. The quantitative estimate of drug-likeness (QED) is 0.451. The zero-order valence-electron chi connectivity index (χ0n) is 14.2. The van der Waals surface area contributed by atoms with Gasteiger partial charge in [-0.25, -0.2) is 0 Å². The molecule has 7 heteroatoms. The predicted molar refractivity (Wildman–Crippen MR) is 83.8 cm³/mol. The lowest BCUT2D eigenvalue weighted by Crippen LogP contribution is -2.39. The second-order valence-corrected chi connectivity index (χ2v) is 6.44. The Hall–Kier alpha value is -1.44. The molecular weight excluding hydrogens is 300 g/mol. The van der Waals surface area contributed by atoms with E-state index in [2.05, 4.69) is 0 Å². The van der Waals surface area contributed by atoms with Crippen LogP contribution < -0.4 is 0 Å². The molecule has 0 amide bonds. The number of ether oxygens (including phenoxy) is 3. The lowest BCUT2D eigenvalue weighted by atomic mass is 9.83. The summed E-state index contributed by atoms with van der Waals surface area (Å²) in [7, 11) is 7.62. The first-order chi connectivity index (χ1) is 10.9. The van der Waals surface area contributed by atoms with E-state index in [0.717, 1.165) is 0 Å². The lowest BCUT2D eigenvalue weighted by molar-refractivity contribution is -0.160. The number of esters is 2. The van der Waals surface area contributed by atoms with Gasteiger partial charge >= 0.3 is 11.9 Å². The highest BCUT2D eigenvalue weighted by Gasteiger charge is 2.54. The van der Waals surface area contributed by atoms with E-state index in [1.54, 1.807) is 0 Å². The fraction of sp³-hybridized carbons (Fsp3) is 0.750. The Morgan fingerprint density at radius 1 is 0.870 bits per heavy atom. The van der Waals surface area contributed by atoms with Crippen LogP contribution in [-0.2, 0) is 23.8 Å². The molecule has 2 aliphatic rings. The van der Waals surface area contributed by atoms with Gasteiger partial charge in [0.05, 0.1) is 12.2 Å². The minimum absolute atomic E-state index is 0.297. The van der Waals surface area contributed by atoms with Gasteiger partial charge in [0.1, 0.15) is 25.0 Å². The number of hydrogen-bond acceptors (Lipinski definition) is 7. The van der Waals surface area contributed by atoms with Gasteiger partial charge < -0.3 is 24.0 Å². The monoisotopic (exact) mass is 326 g/mol. The number of likely N-dealkylation sites (N-methyl/N-ethyl adjacent to an activating group) is 2. The summed E-state index contributed by atoms with van der Waals surface area (Å²) in [4.78, 5) is 28.5. The van der Waals surface area contributed by atoms with Gasteiger partial charge in [-0.05, 0) is 28.2 Å². The van der Waals surface area contributed by atoms with Gasteiger partial charge in [0, 0.05) is 13.1 Å². The fourth-order valence-corrected chi connectivity index (χ4v) is 2.72. The highest BCUT2D eigenvalue weighted by molar-refractivity contribution is 5.85. The summed E-state index contributed by atoms with van der Waals surface area (Å²) < 4.78 is 16.3. The standard InChI is InChI=1S/C16H26N2O5/c1-17(2)7-9-21-15(19)13-11-5-6-12(23-11)14(13)16(20)22-10-8-18(3)4/h5-6,11-14H,7-10H2,1-4H3. The van der Waals surface area contributed by atoms with E-state index in [-0.39, 0.29) is 0 Å². The van der Waals surface area contributed by atoms with Crippen molar-refractivity contribution in [1.82, 2.24) is 9.80 Å². The molecule has 0 radical (unpaired) electrons. The number of carbonyl (C=O) groups is 2. The molecule has 2 rings (SSSR count). The van der Waals surface area contributed by atoms with Gasteiger partial charge in [0.25, 0.3) is 0 Å². The molecule has 23 heavy (non-hydrogen) atoms. The molecule has 4 atom stereocenters. The second kappa shape index (κ2) is 7.90. The third-order valence-corrected chi connectivity index (χ3v) is 4.01. The van der Waals surface area contributed by atoms with Gasteiger partial charge in [-0.3, -0.25) is 9.59 Å². The average molecular weight is 326 g/mol. The van der Waals surface area contributed by atoms with Crippen LogP contribution in [0.3, 0.4) is 0 Å². The molecule has 2 bridgehead atoms. The molecule has 0 aromatic heterocycles. The zero-order valence-corrected chi connectivity index (χ0v) is 14.2. The van der Waals surface area contributed by atoms with Crippen molar-refractivity contribution in [2.75, 3.05) is 54.5 Å². The summed E-state index contributed by atoms with van der Waals surface area (Å²) in [6.45, 7) is 1.88. The van der Waals surface area contributed by atoms with Gasteiger partial charge in [-0.15, -0.1) is 0 Å². The number of nitrogens with zero attached hydrogens (tertiary/aromatic N) is 2. The third-order valence-electron chi connectivity index (χ3n) is 4.01. The molecule has 0 aliphatic carbocycles. The van der Waals surface area contributed by atoms with E-state index < -0.39 is 36.0 Å². The van der Waals surface area contributed by atoms with Crippen LogP contribution in [0.15, 0.2) is 12.2 Å². The van der Waals surface area contributed by atoms with Crippen LogP contribution in [0.4, 0.5) is 0 Å². The molecule has 0 spiro atoms. The van der Waals surface area contributed by atoms with E-state index >= 15 is 0 Å². The minimum atomic E-state index is -0.612. The van der Waals surface area contributed by atoms with Gasteiger partial charge in [-0.2, -0.15) is 0 Å². The second-order valence-electron chi connectivity index (χ2n) is 6.44. The third kappa shape index (κ3) is 4.53.